The van der Waals surface area contributed by atoms with E-state index in [-0.39, 0.29) is 5.56 Å². The van der Waals surface area contributed by atoms with Crippen LogP contribution in [0.25, 0.3) is 5.69 Å². The molecule has 6 heteroatoms. The van der Waals surface area contributed by atoms with E-state index in [9.17, 15) is 4.79 Å². The zero-order valence-electron chi connectivity index (χ0n) is 12.5. The third-order valence-corrected chi connectivity index (χ3v) is 6.21. The molecule has 0 fully saturated rings. The van der Waals surface area contributed by atoms with Gasteiger partial charge in [-0.25, -0.2) is 4.98 Å². The fourth-order valence-corrected chi connectivity index (χ4v) is 4.39. The van der Waals surface area contributed by atoms with Crippen LogP contribution in [-0.2, 0) is 6.42 Å². The number of aryl methyl sites for hydroxylation is 1. The van der Waals surface area contributed by atoms with Gasteiger partial charge in [-0.3, -0.25) is 9.36 Å². The van der Waals surface area contributed by atoms with Gasteiger partial charge in [-0.2, -0.15) is 0 Å². The second kappa shape index (κ2) is 6.69. The topological polar surface area (TPSA) is 34.9 Å². The smallest absolute Gasteiger partial charge is 0.268 e. The van der Waals surface area contributed by atoms with Gasteiger partial charge in [-0.15, -0.1) is 11.8 Å². The summed E-state index contributed by atoms with van der Waals surface area (Å²) >= 11 is 9.23. The van der Waals surface area contributed by atoms with Crippen molar-refractivity contribution in [3.8, 4) is 5.69 Å². The molecule has 0 N–H and O–H groups in total. The predicted molar refractivity (Wildman–Crippen MR) is 94.9 cm³/mol. The molecule has 0 saturated heterocycles. The summed E-state index contributed by atoms with van der Waals surface area (Å²) < 4.78 is 1.73. The molecule has 116 valence electrons. The monoisotopic (exact) mass is 352 g/mol. The van der Waals surface area contributed by atoms with Gasteiger partial charge in [0.1, 0.15) is 0 Å². The Labute approximate surface area is 143 Å². The zero-order valence-corrected chi connectivity index (χ0v) is 14.9. The first-order chi connectivity index (χ1) is 10.6. The van der Waals surface area contributed by atoms with Crippen molar-refractivity contribution in [3.05, 3.63) is 45.3 Å². The minimum absolute atomic E-state index is 0.0422. The lowest BCUT2D eigenvalue weighted by atomic mass is 10.3. The SMILES string of the molecule is CC[C@@H](C)Sc1nc2c(c(=O)n1-c1ccc(Cl)cc1)SCC2. The summed E-state index contributed by atoms with van der Waals surface area (Å²) in [4.78, 5) is 18.5. The summed E-state index contributed by atoms with van der Waals surface area (Å²) in [5, 5.41) is 1.86. The first-order valence-corrected chi connectivity index (χ1v) is 9.55. The van der Waals surface area contributed by atoms with Crippen LogP contribution in [-0.4, -0.2) is 20.6 Å². The van der Waals surface area contributed by atoms with Gasteiger partial charge in [-0.1, -0.05) is 37.2 Å². The van der Waals surface area contributed by atoms with E-state index in [1.165, 1.54) is 0 Å². The normalized spacial score (nSPS) is 14.9. The van der Waals surface area contributed by atoms with Crippen molar-refractivity contribution >= 4 is 35.1 Å². The van der Waals surface area contributed by atoms with E-state index in [1.807, 2.05) is 12.1 Å². The summed E-state index contributed by atoms with van der Waals surface area (Å²) in [5.74, 6) is 0.940. The van der Waals surface area contributed by atoms with Crippen LogP contribution in [0.2, 0.25) is 5.02 Å². The molecule has 1 atom stereocenters. The van der Waals surface area contributed by atoms with Gasteiger partial charge in [0.2, 0.25) is 0 Å². The summed E-state index contributed by atoms with van der Waals surface area (Å²) in [7, 11) is 0. The molecule has 3 nitrogen and oxygen atoms in total. The molecule has 0 spiro atoms. The Kier molecular flexibility index (Phi) is 4.85. The number of thioether (sulfide) groups is 2. The van der Waals surface area contributed by atoms with E-state index in [2.05, 4.69) is 13.8 Å². The van der Waals surface area contributed by atoms with Crippen LogP contribution >= 0.6 is 35.1 Å². The van der Waals surface area contributed by atoms with Gasteiger partial charge in [-0.05, 0) is 30.7 Å². The van der Waals surface area contributed by atoms with Crippen LogP contribution < -0.4 is 5.56 Å². The van der Waals surface area contributed by atoms with Crippen LogP contribution in [0.15, 0.2) is 39.1 Å². The lowest BCUT2D eigenvalue weighted by Crippen LogP contribution is -2.24. The molecule has 1 aromatic carbocycles. The maximum Gasteiger partial charge on any atom is 0.272 e. The quantitative estimate of drug-likeness (QED) is 0.602. The molecule has 22 heavy (non-hydrogen) atoms. The summed E-state index contributed by atoms with van der Waals surface area (Å²) in [6.07, 6.45) is 1.91. The summed E-state index contributed by atoms with van der Waals surface area (Å²) in [5.41, 5.74) is 1.81. The molecule has 0 unspecified atom stereocenters. The van der Waals surface area contributed by atoms with Gasteiger partial charge < -0.3 is 0 Å². The number of hydrogen-bond donors (Lipinski definition) is 0. The van der Waals surface area contributed by atoms with Crippen molar-refractivity contribution in [2.24, 2.45) is 0 Å². The molecule has 1 aromatic heterocycles. The largest absolute Gasteiger partial charge is 0.272 e. The Morgan fingerprint density at radius 1 is 1.41 bits per heavy atom. The molecule has 2 heterocycles. The first-order valence-electron chi connectivity index (χ1n) is 7.31. The second-order valence-corrected chi connectivity index (χ2v) is 8.17. The molecular weight excluding hydrogens is 336 g/mol. The highest BCUT2D eigenvalue weighted by atomic mass is 35.5. The van der Waals surface area contributed by atoms with E-state index in [4.69, 9.17) is 16.6 Å². The van der Waals surface area contributed by atoms with Crippen molar-refractivity contribution in [3.63, 3.8) is 0 Å². The molecule has 2 aromatic rings. The predicted octanol–water partition coefficient (Wildman–Crippen LogP) is 4.42. The third kappa shape index (κ3) is 3.07. The van der Waals surface area contributed by atoms with E-state index in [0.29, 0.717) is 10.3 Å². The highest BCUT2D eigenvalue weighted by Gasteiger charge is 2.23. The average molecular weight is 353 g/mol. The van der Waals surface area contributed by atoms with Gasteiger partial charge in [0, 0.05) is 22.4 Å². The summed E-state index contributed by atoms with van der Waals surface area (Å²) in [6.45, 7) is 4.30. The molecular formula is C16H17ClN2OS2. The number of aromatic nitrogens is 2. The first kappa shape index (κ1) is 16.0. The van der Waals surface area contributed by atoms with Gasteiger partial charge in [0.25, 0.3) is 5.56 Å². The Morgan fingerprint density at radius 3 is 2.82 bits per heavy atom. The third-order valence-electron chi connectivity index (χ3n) is 3.63. The van der Waals surface area contributed by atoms with Gasteiger partial charge in [0.15, 0.2) is 5.16 Å². The van der Waals surface area contributed by atoms with Crippen molar-refractivity contribution in [2.45, 2.75) is 42.0 Å². The van der Waals surface area contributed by atoms with Crippen molar-refractivity contribution in [1.29, 1.82) is 0 Å². The van der Waals surface area contributed by atoms with Crippen LogP contribution in [0.1, 0.15) is 26.0 Å². The molecule has 3 rings (SSSR count). The van der Waals surface area contributed by atoms with E-state index in [1.54, 1.807) is 40.2 Å². The van der Waals surface area contributed by atoms with Crippen molar-refractivity contribution < 1.29 is 0 Å². The lowest BCUT2D eigenvalue weighted by molar-refractivity contribution is 0.734. The molecule has 0 saturated carbocycles. The Bertz CT molecular complexity index is 743. The molecule has 1 aliphatic rings. The molecule has 0 bridgehead atoms. The number of fused-ring (bicyclic) bond motifs is 1. The van der Waals surface area contributed by atoms with Crippen LogP contribution in [0.4, 0.5) is 0 Å². The fourth-order valence-electron chi connectivity index (χ4n) is 2.25. The number of rotatable bonds is 4. The molecule has 0 radical (unpaired) electrons. The molecule has 1 aliphatic heterocycles. The number of nitrogens with zero attached hydrogens (tertiary/aromatic N) is 2. The van der Waals surface area contributed by atoms with E-state index < -0.39 is 0 Å². The van der Waals surface area contributed by atoms with Crippen LogP contribution in [0, 0.1) is 0 Å². The minimum atomic E-state index is 0.0422. The average Bonchev–Trinajstić information content (AvgIpc) is 2.97. The minimum Gasteiger partial charge on any atom is -0.268 e. The maximum atomic E-state index is 12.9. The van der Waals surface area contributed by atoms with Gasteiger partial charge in [0.05, 0.1) is 16.3 Å². The fraction of sp³-hybridized carbons (Fsp3) is 0.375. The zero-order chi connectivity index (χ0) is 15.7. The summed E-state index contributed by atoms with van der Waals surface area (Å²) in [6, 6.07) is 7.36. The highest BCUT2D eigenvalue weighted by Crippen LogP contribution is 2.31. The van der Waals surface area contributed by atoms with Gasteiger partial charge >= 0.3 is 0 Å². The van der Waals surface area contributed by atoms with Crippen LogP contribution in [0.5, 0.6) is 0 Å². The Morgan fingerprint density at radius 2 is 2.14 bits per heavy atom. The van der Waals surface area contributed by atoms with Crippen LogP contribution in [0.3, 0.4) is 0 Å². The number of benzene rings is 1. The Balaban J connectivity index is 2.17. The van der Waals surface area contributed by atoms with E-state index in [0.717, 1.165) is 40.0 Å². The maximum absolute atomic E-state index is 12.9. The lowest BCUT2D eigenvalue weighted by Gasteiger charge is -2.16. The highest BCUT2D eigenvalue weighted by molar-refractivity contribution is 8.00. The standard InChI is InChI=1S/C16H17ClN2OS2/c1-3-10(2)22-16-18-13-8-9-21-14(13)15(20)19(16)12-6-4-11(17)5-7-12/h4-7,10H,3,8-9H2,1-2H3/t10-/m1/s1. The van der Waals surface area contributed by atoms with Crippen molar-refractivity contribution in [2.75, 3.05) is 5.75 Å². The van der Waals surface area contributed by atoms with Crippen molar-refractivity contribution in [1.82, 2.24) is 9.55 Å². The molecule has 0 amide bonds. The number of halogens is 1. The number of hydrogen-bond acceptors (Lipinski definition) is 4. The molecule has 0 aliphatic carbocycles. The second-order valence-electron chi connectivity index (χ2n) is 5.22. The Hall–Kier alpha value is -0.910. The van der Waals surface area contributed by atoms with E-state index >= 15 is 0 Å².